The molecule has 0 radical (unpaired) electrons. The smallest absolute Gasteiger partial charge is 0.125 e. The van der Waals surface area contributed by atoms with Crippen LogP contribution in [0.15, 0.2) is 24.4 Å². The van der Waals surface area contributed by atoms with E-state index < -0.39 is 0 Å². The number of hydrogen-bond acceptors (Lipinski definition) is 1. The molecule has 0 aliphatic carbocycles. The molecule has 0 bridgehead atoms. The van der Waals surface area contributed by atoms with Crippen molar-refractivity contribution in [1.29, 1.82) is 0 Å². The van der Waals surface area contributed by atoms with E-state index in [2.05, 4.69) is 4.98 Å². The lowest BCUT2D eigenvalue weighted by Crippen LogP contribution is -2.00. The Hall–Kier alpha value is -1.35. The number of aliphatic hydroxyl groups is 1. The predicted octanol–water partition coefficient (Wildman–Crippen LogP) is 2.62. The van der Waals surface area contributed by atoms with E-state index in [0.29, 0.717) is 0 Å². The van der Waals surface area contributed by atoms with Gasteiger partial charge in [0, 0.05) is 17.1 Å². The number of aliphatic hydroxyl groups excluding tert-OH is 1. The SMILES string of the molecule is C[C@H](O)CCc1c[nH]c2cc(F)ccc12. The topological polar surface area (TPSA) is 36.0 Å². The molecule has 1 aromatic heterocycles. The molecule has 2 aromatic rings. The summed E-state index contributed by atoms with van der Waals surface area (Å²) in [6, 6.07) is 4.72. The summed E-state index contributed by atoms with van der Waals surface area (Å²) in [7, 11) is 0. The van der Waals surface area contributed by atoms with Crippen molar-refractivity contribution in [2.75, 3.05) is 0 Å². The van der Waals surface area contributed by atoms with Crippen LogP contribution in [0.25, 0.3) is 10.9 Å². The summed E-state index contributed by atoms with van der Waals surface area (Å²) in [5, 5.41) is 10.2. The molecule has 2 nitrogen and oxygen atoms in total. The van der Waals surface area contributed by atoms with E-state index in [1.54, 1.807) is 13.0 Å². The van der Waals surface area contributed by atoms with Crippen LogP contribution in [-0.2, 0) is 6.42 Å². The van der Waals surface area contributed by atoms with E-state index in [1.807, 2.05) is 6.20 Å². The number of hydrogen-bond donors (Lipinski definition) is 2. The van der Waals surface area contributed by atoms with E-state index >= 15 is 0 Å². The van der Waals surface area contributed by atoms with Gasteiger partial charge in [-0.1, -0.05) is 0 Å². The van der Waals surface area contributed by atoms with Gasteiger partial charge in [0.1, 0.15) is 5.82 Å². The van der Waals surface area contributed by atoms with Crippen molar-refractivity contribution in [1.82, 2.24) is 4.98 Å². The summed E-state index contributed by atoms with van der Waals surface area (Å²) in [6.45, 7) is 1.77. The minimum atomic E-state index is -0.296. The van der Waals surface area contributed by atoms with Crippen molar-refractivity contribution in [3.63, 3.8) is 0 Å². The van der Waals surface area contributed by atoms with Gasteiger partial charge in [-0.05, 0) is 43.5 Å². The lowest BCUT2D eigenvalue weighted by molar-refractivity contribution is 0.185. The van der Waals surface area contributed by atoms with Gasteiger partial charge in [-0.15, -0.1) is 0 Å². The third-order valence-electron chi connectivity index (χ3n) is 2.56. The van der Waals surface area contributed by atoms with Crippen molar-refractivity contribution in [2.24, 2.45) is 0 Å². The molecule has 1 atom stereocenters. The monoisotopic (exact) mass is 207 g/mol. The molecule has 2 rings (SSSR count). The summed E-state index contributed by atoms with van der Waals surface area (Å²) >= 11 is 0. The summed E-state index contributed by atoms with van der Waals surface area (Å²) in [4.78, 5) is 3.03. The average molecular weight is 207 g/mol. The molecule has 2 N–H and O–H groups in total. The van der Waals surface area contributed by atoms with Crippen molar-refractivity contribution in [2.45, 2.75) is 25.9 Å². The van der Waals surface area contributed by atoms with E-state index in [9.17, 15) is 9.50 Å². The Morgan fingerprint density at radius 1 is 1.47 bits per heavy atom. The highest BCUT2D eigenvalue weighted by Gasteiger charge is 2.05. The second kappa shape index (κ2) is 4.03. The average Bonchev–Trinajstić information content (AvgIpc) is 2.57. The van der Waals surface area contributed by atoms with Crippen molar-refractivity contribution < 1.29 is 9.50 Å². The lowest BCUT2D eigenvalue weighted by atomic mass is 10.1. The van der Waals surface area contributed by atoms with Crippen LogP contribution in [0.5, 0.6) is 0 Å². The van der Waals surface area contributed by atoms with Crippen LogP contribution in [0.2, 0.25) is 0 Å². The highest BCUT2D eigenvalue weighted by atomic mass is 19.1. The fourth-order valence-electron chi connectivity index (χ4n) is 1.73. The summed E-state index contributed by atoms with van der Waals surface area (Å²) < 4.78 is 12.9. The zero-order valence-corrected chi connectivity index (χ0v) is 8.63. The number of fused-ring (bicyclic) bond motifs is 1. The van der Waals surface area contributed by atoms with Gasteiger partial charge in [-0.2, -0.15) is 0 Å². The Balaban J connectivity index is 2.29. The normalized spacial score (nSPS) is 13.3. The fraction of sp³-hybridized carbons (Fsp3) is 0.333. The standard InChI is InChI=1S/C12H14FNO/c1-8(15)2-3-9-7-14-12-6-10(13)4-5-11(9)12/h4-8,14-15H,2-3H2,1H3/t8-/m0/s1. The molecule has 0 amide bonds. The Morgan fingerprint density at radius 3 is 3.00 bits per heavy atom. The van der Waals surface area contributed by atoms with E-state index in [-0.39, 0.29) is 11.9 Å². The number of nitrogens with one attached hydrogen (secondary N) is 1. The van der Waals surface area contributed by atoms with Gasteiger partial charge in [0.2, 0.25) is 0 Å². The highest BCUT2D eigenvalue weighted by Crippen LogP contribution is 2.20. The molecule has 15 heavy (non-hydrogen) atoms. The van der Waals surface area contributed by atoms with Crippen LogP contribution < -0.4 is 0 Å². The molecule has 0 fully saturated rings. The third-order valence-corrected chi connectivity index (χ3v) is 2.56. The molecule has 80 valence electrons. The van der Waals surface area contributed by atoms with Crippen LogP contribution >= 0.6 is 0 Å². The molecular formula is C12H14FNO. The van der Waals surface area contributed by atoms with Gasteiger partial charge in [0.25, 0.3) is 0 Å². The molecule has 0 saturated carbocycles. The number of rotatable bonds is 3. The fourth-order valence-corrected chi connectivity index (χ4v) is 1.73. The summed E-state index contributed by atoms with van der Waals surface area (Å²) in [6.07, 6.45) is 3.12. The van der Waals surface area contributed by atoms with Gasteiger partial charge in [-0.25, -0.2) is 4.39 Å². The van der Waals surface area contributed by atoms with E-state index in [4.69, 9.17) is 0 Å². The third kappa shape index (κ3) is 2.18. The number of halogens is 1. The highest BCUT2D eigenvalue weighted by molar-refractivity contribution is 5.83. The Kier molecular flexibility index (Phi) is 2.73. The second-order valence-electron chi connectivity index (χ2n) is 3.89. The van der Waals surface area contributed by atoms with Crippen LogP contribution in [0.4, 0.5) is 4.39 Å². The van der Waals surface area contributed by atoms with Crippen LogP contribution in [0.3, 0.4) is 0 Å². The first-order valence-electron chi connectivity index (χ1n) is 5.10. The number of aryl methyl sites for hydroxylation is 1. The largest absolute Gasteiger partial charge is 0.393 e. The molecule has 3 heteroatoms. The second-order valence-corrected chi connectivity index (χ2v) is 3.89. The van der Waals surface area contributed by atoms with Gasteiger partial charge >= 0.3 is 0 Å². The molecule has 0 saturated heterocycles. The van der Waals surface area contributed by atoms with Crippen LogP contribution in [0, 0.1) is 5.82 Å². The molecule has 0 aliphatic rings. The first kappa shape index (κ1) is 10.2. The number of benzene rings is 1. The van der Waals surface area contributed by atoms with Gasteiger partial charge in [-0.3, -0.25) is 0 Å². The zero-order valence-electron chi connectivity index (χ0n) is 8.63. The quantitative estimate of drug-likeness (QED) is 0.797. The summed E-state index contributed by atoms with van der Waals surface area (Å²) in [5.41, 5.74) is 1.95. The molecule has 1 aromatic carbocycles. The number of H-pyrrole nitrogens is 1. The Labute approximate surface area is 87.7 Å². The van der Waals surface area contributed by atoms with Crippen molar-refractivity contribution >= 4 is 10.9 Å². The summed E-state index contributed by atoms with van der Waals surface area (Å²) in [5.74, 6) is -0.230. The van der Waals surface area contributed by atoms with Gasteiger partial charge < -0.3 is 10.1 Å². The molecular weight excluding hydrogens is 193 g/mol. The first-order chi connectivity index (χ1) is 7.16. The predicted molar refractivity (Wildman–Crippen MR) is 58.3 cm³/mol. The minimum absolute atomic E-state index is 0.230. The lowest BCUT2D eigenvalue weighted by Gasteiger charge is -2.02. The first-order valence-corrected chi connectivity index (χ1v) is 5.10. The minimum Gasteiger partial charge on any atom is -0.393 e. The maximum atomic E-state index is 12.9. The van der Waals surface area contributed by atoms with Crippen molar-refractivity contribution in [3.05, 3.63) is 35.8 Å². The van der Waals surface area contributed by atoms with E-state index in [1.165, 1.54) is 12.1 Å². The molecule has 0 unspecified atom stereocenters. The molecule has 1 heterocycles. The van der Waals surface area contributed by atoms with Crippen LogP contribution in [-0.4, -0.2) is 16.2 Å². The molecule has 0 aliphatic heterocycles. The number of aromatic amines is 1. The van der Waals surface area contributed by atoms with Gasteiger partial charge in [0.05, 0.1) is 6.10 Å². The van der Waals surface area contributed by atoms with E-state index in [0.717, 1.165) is 29.3 Å². The molecule has 0 spiro atoms. The zero-order chi connectivity index (χ0) is 10.8. The van der Waals surface area contributed by atoms with Gasteiger partial charge in [0.15, 0.2) is 0 Å². The maximum Gasteiger partial charge on any atom is 0.125 e. The number of aromatic nitrogens is 1. The van der Waals surface area contributed by atoms with Crippen LogP contribution in [0.1, 0.15) is 18.9 Å². The maximum absolute atomic E-state index is 12.9. The Bertz CT molecular complexity index is 462. The van der Waals surface area contributed by atoms with Crippen molar-refractivity contribution in [3.8, 4) is 0 Å². The Morgan fingerprint density at radius 2 is 2.27 bits per heavy atom.